The second kappa shape index (κ2) is 4.77. The van der Waals surface area contributed by atoms with Crippen LogP contribution in [0.1, 0.15) is 26.2 Å². The van der Waals surface area contributed by atoms with Gasteiger partial charge in [-0.15, -0.1) is 0 Å². The Morgan fingerprint density at radius 3 is 2.89 bits per heavy atom. The number of aromatic nitrogens is 2. The normalized spacial score (nSPS) is 14.1. The zero-order valence-electron chi connectivity index (χ0n) is 10.7. The van der Waals surface area contributed by atoms with Gasteiger partial charge < -0.3 is 10.3 Å². The molecule has 0 saturated carbocycles. The molecular formula is C12H14N4O3. The number of nitro benzene ring substituents is 1. The minimum absolute atomic E-state index is 0.0187. The molecule has 0 aliphatic heterocycles. The Hall–Kier alpha value is -2.28. The van der Waals surface area contributed by atoms with Crippen molar-refractivity contribution >= 4 is 5.69 Å². The molecule has 1 heterocycles. The molecule has 1 unspecified atom stereocenters. The first-order chi connectivity index (χ1) is 8.94. The number of non-ortho nitro benzene ring substituents is 1. The summed E-state index contributed by atoms with van der Waals surface area (Å²) in [4.78, 5) is 14.4. The van der Waals surface area contributed by atoms with Crippen molar-refractivity contribution in [1.82, 2.24) is 10.1 Å². The van der Waals surface area contributed by atoms with Crippen molar-refractivity contribution in [2.24, 2.45) is 5.73 Å². The lowest BCUT2D eigenvalue weighted by atomic mass is 10.0. The van der Waals surface area contributed by atoms with Gasteiger partial charge in [-0.05, 0) is 13.3 Å². The highest BCUT2D eigenvalue weighted by molar-refractivity contribution is 5.58. The van der Waals surface area contributed by atoms with Gasteiger partial charge in [-0.2, -0.15) is 4.98 Å². The Bertz CT molecular complexity index is 607. The van der Waals surface area contributed by atoms with Crippen LogP contribution < -0.4 is 5.73 Å². The van der Waals surface area contributed by atoms with E-state index in [4.69, 9.17) is 10.3 Å². The van der Waals surface area contributed by atoms with E-state index < -0.39 is 10.5 Å². The molecule has 0 saturated heterocycles. The standard InChI is InChI=1S/C12H14N4O3/c1-3-12(2,13)11-14-10(15-19-11)8-5-4-6-9(7-8)16(17)18/h4-7H,3,13H2,1-2H3. The zero-order chi connectivity index (χ0) is 14.0. The van der Waals surface area contributed by atoms with Crippen LogP contribution in [0.15, 0.2) is 28.8 Å². The second-order valence-corrected chi connectivity index (χ2v) is 4.50. The summed E-state index contributed by atoms with van der Waals surface area (Å²) in [6.07, 6.45) is 0.642. The lowest BCUT2D eigenvalue weighted by molar-refractivity contribution is -0.384. The van der Waals surface area contributed by atoms with E-state index >= 15 is 0 Å². The number of hydrogen-bond donors (Lipinski definition) is 1. The Kier molecular flexibility index (Phi) is 3.30. The first-order valence-electron chi connectivity index (χ1n) is 5.82. The number of nitrogens with zero attached hydrogens (tertiary/aromatic N) is 3. The van der Waals surface area contributed by atoms with Crippen molar-refractivity contribution in [1.29, 1.82) is 0 Å². The van der Waals surface area contributed by atoms with Crippen molar-refractivity contribution in [3.05, 3.63) is 40.3 Å². The van der Waals surface area contributed by atoms with Gasteiger partial charge >= 0.3 is 0 Å². The summed E-state index contributed by atoms with van der Waals surface area (Å²) >= 11 is 0. The first-order valence-corrected chi connectivity index (χ1v) is 5.82. The molecule has 100 valence electrons. The van der Waals surface area contributed by atoms with Gasteiger partial charge in [0.2, 0.25) is 11.7 Å². The van der Waals surface area contributed by atoms with E-state index in [1.165, 1.54) is 12.1 Å². The molecule has 7 heteroatoms. The van der Waals surface area contributed by atoms with Gasteiger partial charge in [-0.1, -0.05) is 24.2 Å². The third-order valence-electron chi connectivity index (χ3n) is 2.96. The van der Waals surface area contributed by atoms with Gasteiger partial charge in [-0.25, -0.2) is 0 Å². The molecule has 2 aromatic rings. The van der Waals surface area contributed by atoms with Gasteiger partial charge in [0.25, 0.3) is 5.69 Å². The molecule has 0 spiro atoms. The van der Waals surface area contributed by atoms with Crippen LogP contribution in [0.4, 0.5) is 5.69 Å². The quantitative estimate of drug-likeness (QED) is 0.668. The predicted octanol–water partition coefficient (Wildman–Crippen LogP) is 2.23. The fraction of sp³-hybridized carbons (Fsp3) is 0.333. The molecule has 0 amide bonds. The summed E-state index contributed by atoms with van der Waals surface area (Å²) in [6.45, 7) is 3.70. The minimum Gasteiger partial charge on any atom is -0.337 e. The maximum Gasteiger partial charge on any atom is 0.270 e. The van der Waals surface area contributed by atoms with E-state index in [9.17, 15) is 10.1 Å². The van der Waals surface area contributed by atoms with Crippen LogP contribution in [0.2, 0.25) is 0 Å². The fourth-order valence-corrected chi connectivity index (χ4v) is 1.48. The number of hydrogen-bond acceptors (Lipinski definition) is 6. The number of rotatable bonds is 4. The Balaban J connectivity index is 2.38. The van der Waals surface area contributed by atoms with Crippen LogP contribution in [0.5, 0.6) is 0 Å². The molecule has 0 aliphatic rings. The van der Waals surface area contributed by atoms with E-state index in [0.29, 0.717) is 23.7 Å². The molecule has 2 N–H and O–H groups in total. The monoisotopic (exact) mass is 262 g/mol. The predicted molar refractivity (Wildman–Crippen MR) is 68.2 cm³/mol. The molecule has 1 aromatic heterocycles. The van der Waals surface area contributed by atoms with Gasteiger partial charge in [0, 0.05) is 17.7 Å². The smallest absolute Gasteiger partial charge is 0.270 e. The molecule has 0 aliphatic carbocycles. The second-order valence-electron chi connectivity index (χ2n) is 4.50. The largest absolute Gasteiger partial charge is 0.337 e. The van der Waals surface area contributed by atoms with Crippen molar-refractivity contribution in [2.75, 3.05) is 0 Å². The van der Waals surface area contributed by atoms with Gasteiger partial charge in [-0.3, -0.25) is 10.1 Å². The lowest BCUT2D eigenvalue weighted by Crippen LogP contribution is -2.32. The van der Waals surface area contributed by atoms with Crippen LogP contribution in [0, 0.1) is 10.1 Å². The van der Waals surface area contributed by atoms with Crippen molar-refractivity contribution < 1.29 is 9.45 Å². The number of benzene rings is 1. The van der Waals surface area contributed by atoms with Crippen LogP contribution in [0.25, 0.3) is 11.4 Å². The van der Waals surface area contributed by atoms with Crippen molar-refractivity contribution in [3.8, 4) is 11.4 Å². The molecule has 1 atom stereocenters. The minimum atomic E-state index is -0.702. The van der Waals surface area contributed by atoms with Crippen LogP contribution in [-0.2, 0) is 5.54 Å². The molecule has 2 rings (SSSR count). The summed E-state index contributed by atoms with van der Waals surface area (Å²) in [6, 6.07) is 6.06. The van der Waals surface area contributed by atoms with E-state index in [2.05, 4.69) is 10.1 Å². The summed E-state index contributed by atoms with van der Waals surface area (Å²) in [7, 11) is 0. The van der Waals surface area contributed by atoms with E-state index in [-0.39, 0.29) is 5.69 Å². The summed E-state index contributed by atoms with van der Waals surface area (Å²) in [5.74, 6) is 0.611. The third-order valence-corrected chi connectivity index (χ3v) is 2.96. The Morgan fingerprint density at radius 1 is 1.53 bits per heavy atom. The van der Waals surface area contributed by atoms with E-state index in [1.807, 2.05) is 6.92 Å². The fourth-order valence-electron chi connectivity index (χ4n) is 1.48. The zero-order valence-corrected chi connectivity index (χ0v) is 10.7. The van der Waals surface area contributed by atoms with Gasteiger partial charge in [0.1, 0.15) is 0 Å². The molecule has 7 nitrogen and oxygen atoms in total. The molecule has 0 radical (unpaired) electrons. The summed E-state index contributed by atoms with van der Waals surface area (Å²) in [5.41, 5.74) is 5.81. The maximum absolute atomic E-state index is 10.7. The van der Waals surface area contributed by atoms with Crippen molar-refractivity contribution in [3.63, 3.8) is 0 Å². The summed E-state index contributed by atoms with van der Waals surface area (Å²) in [5, 5.41) is 14.5. The highest BCUT2D eigenvalue weighted by Gasteiger charge is 2.26. The third kappa shape index (κ3) is 2.60. The maximum atomic E-state index is 10.7. The average molecular weight is 262 g/mol. The average Bonchev–Trinajstić information content (AvgIpc) is 2.89. The Labute approximate surface area is 109 Å². The van der Waals surface area contributed by atoms with Crippen molar-refractivity contribution in [2.45, 2.75) is 25.8 Å². The van der Waals surface area contributed by atoms with Crippen LogP contribution in [0.3, 0.4) is 0 Å². The van der Waals surface area contributed by atoms with Crippen LogP contribution >= 0.6 is 0 Å². The molecule has 0 fully saturated rings. The van der Waals surface area contributed by atoms with Crippen LogP contribution in [-0.4, -0.2) is 15.1 Å². The number of nitro groups is 1. The number of nitrogens with two attached hydrogens (primary N) is 1. The van der Waals surface area contributed by atoms with E-state index in [0.717, 1.165) is 0 Å². The molecular weight excluding hydrogens is 248 g/mol. The highest BCUT2D eigenvalue weighted by Crippen LogP contribution is 2.25. The molecule has 19 heavy (non-hydrogen) atoms. The lowest BCUT2D eigenvalue weighted by Gasteiger charge is -2.16. The summed E-state index contributed by atoms with van der Waals surface area (Å²) < 4.78 is 5.12. The van der Waals surface area contributed by atoms with E-state index in [1.54, 1.807) is 19.1 Å². The van der Waals surface area contributed by atoms with Gasteiger partial charge in [0.15, 0.2) is 0 Å². The van der Waals surface area contributed by atoms with Gasteiger partial charge in [0.05, 0.1) is 10.5 Å². The molecule has 0 bridgehead atoms. The molecule has 1 aromatic carbocycles. The Morgan fingerprint density at radius 2 is 2.26 bits per heavy atom. The SMILES string of the molecule is CCC(C)(N)c1nc(-c2cccc([N+](=O)[O-])c2)no1. The topological polar surface area (TPSA) is 108 Å². The first kappa shape index (κ1) is 13.2. The highest BCUT2D eigenvalue weighted by atomic mass is 16.6.